The third-order valence-electron chi connectivity index (χ3n) is 4.12. The molecule has 6 nitrogen and oxygen atoms in total. The number of rotatable bonds is 5. The lowest BCUT2D eigenvalue weighted by Gasteiger charge is -2.16. The number of carbonyl (C=O) groups excluding carboxylic acids is 2. The second-order valence-electron chi connectivity index (χ2n) is 5.95. The number of nitrogens with zero attached hydrogens (tertiary/aromatic N) is 1. The van der Waals surface area contributed by atoms with Crippen molar-refractivity contribution in [3.05, 3.63) is 47.9 Å². The fourth-order valence-corrected chi connectivity index (χ4v) is 2.85. The first-order valence-corrected chi connectivity index (χ1v) is 7.82. The Bertz CT molecular complexity index is 739. The summed E-state index contributed by atoms with van der Waals surface area (Å²) in [6.45, 7) is 2.72. The highest BCUT2D eigenvalue weighted by molar-refractivity contribution is 5.98. The summed E-state index contributed by atoms with van der Waals surface area (Å²) in [6.07, 6.45) is 1.78. The summed E-state index contributed by atoms with van der Waals surface area (Å²) in [5.41, 5.74) is 1.65. The molecule has 1 aromatic carbocycles. The number of likely N-dealkylation sites (tertiary alicyclic amines) is 1. The lowest BCUT2D eigenvalue weighted by Crippen LogP contribution is -2.28. The van der Waals surface area contributed by atoms with Gasteiger partial charge in [0.05, 0.1) is 31.5 Å². The van der Waals surface area contributed by atoms with Gasteiger partial charge in [0.25, 0.3) is 0 Å². The summed E-state index contributed by atoms with van der Waals surface area (Å²) in [6, 6.07) is 9.18. The van der Waals surface area contributed by atoms with E-state index in [9.17, 15) is 9.59 Å². The maximum Gasteiger partial charge on any atom is 0.229 e. The Morgan fingerprint density at radius 3 is 2.96 bits per heavy atom. The Morgan fingerprint density at radius 2 is 2.25 bits per heavy atom. The predicted octanol–water partition coefficient (Wildman–Crippen LogP) is 2.58. The smallest absolute Gasteiger partial charge is 0.229 e. The van der Waals surface area contributed by atoms with E-state index < -0.39 is 0 Å². The summed E-state index contributed by atoms with van der Waals surface area (Å²) in [7, 11) is 1.56. The molecule has 1 aromatic heterocycles. The van der Waals surface area contributed by atoms with E-state index in [-0.39, 0.29) is 24.2 Å². The van der Waals surface area contributed by atoms with Gasteiger partial charge in [-0.15, -0.1) is 0 Å². The number of furan rings is 1. The van der Waals surface area contributed by atoms with Crippen LogP contribution in [0.2, 0.25) is 0 Å². The van der Waals surface area contributed by atoms with Crippen molar-refractivity contribution >= 4 is 17.5 Å². The van der Waals surface area contributed by atoms with Crippen molar-refractivity contribution in [1.82, 2.24) is 4.90 Å². The van der Waals surface area contributed by atoms with E-state index >= 15 is 0 Å². The molecule has 3 rings (SSSR count). The quantitative estimate of drug-likeness (QED) is 0.916. The Morgan fingerprint density at radius 1 is 1.42 bits per heavy atom. The first kappa shape index (κ1) is 16.1. The molecule has 0 radical (unpaired) electrons. The van der Waals surface area contributed by atoms with Crippen LogP contribution in [0.4, 0.5) is 5.69 Å². The molecule has 0 bridgehead atoms. The van der Waals surface area contributed by atoms with E-state index in [4.69, 9.17) is 9.15 Å². The lowest BCUT2D eigenvalue weighted by molar-refractivity contribution is -0.128. The molecular formula is C18H20N2O4. The van der Waals surface area contributed by atoms with Crippen LogP contribution in [-0.2, 0) is 16.1 Å². The molecule has 2 amide bonds. The van der Waals surface area contributed by atoms with Crippen molar-refractivity contribution < 1.29 is 18.7 Å². The van der Waals surface area contributed by atoms with Crippen LogP contribution in [0.25, 0.3) is 0 Å². The van der Waals surface area contributed by atoms with Gasteiger partial charge in [0.15, 0.2) is 0 Å². The number of nitrogens with one attached hydrogen (secondary N) is 1. The number of carbonyl (C=O) groups is 2. The fourth-order valence-electron chi connectivity index (χ4n) is 2.85. The molecule has 1 aliphatic rings. The molecule has 0 saturated carbocycles. The van der Waals surface area contributed by atoms with Gasteiger partial charge in [0.2, 0.25) is 11.8 Å². The van der Waals surface area contributed by atoms with E-state index in [1.807, 2.05) is 31.2 Å². The molecule has 2 aromatic rings. The van der Waals surface area contributed by atoms with E-state index in [1.165, 1.54) is 0 Å². The molecule has 1 saturated heterocycles. The zero-order valence-electron chi connectivity index (χ0n) is 13.7. The second-order valence-corrected chi connectivity index (χ2v) is 5.95. The molecule has 6 heteroatoms. The minimum absolute atomic E-state index is 0.0391. The number of hydrogen-bond acceptors (Lipinski definition) is 4. The molecule has 126 valence electrons. The van der Waals surface area contributed by atoms with Gasteiger partial charge in [-0.25, -0.2) is 0 Å². The normalized spacial score (nSPS) is 17.2. The van der Waals surface area contributed by atoms with Crippen LogP contribution < -0.4 is 10.1 Å². The Hall–Kier alpha value is -2.76. The highest BCUT2D eigenvalue weighted by Gasteiger charge is 2.34. The van der Waals surface area contributed by atoms with Crippen LogP contribution in [0.5, 0.6) is 5.75 Å². The van der Waals surface area contributed by atoms with E-state index in [2.05, 4.69) is 5.32 Å². The first-order chi connectivity index (χ1) is 11.6. The Labute approximate surface area is 140 Å². The largest absolute Gasteiger partial charge is 0.495 e. The standard InChI is InChI=1S/C18H20N2O4/c1-12-5-6-16(23-2)15(8-12)19-18(22)13-9-17(21)20(10-13)11-14-4-3-7-24-14/h3-8,13H,9-11H2,1-2H3,(H,19,22)/t13-/m0/s1. The van der Waals surface area contributed by atoms with Gasteiger partial charge in [-0.1, -0.05) is 6.07 Å². The monoisotopic (exact) mass is 328 g/mol. The lowest BCUT2D eigenvalue weighted by atomic mass is 10.1. The third kappa shape index (κ3) is 3.42. The van der Waals surface area contributed by atoms with Gasteiger partial charge in [-0.2, -0.15) is 0 Å². The first-order valence-electron chi connectivity index (χ1n) is 7.82. The molecule has 0 spiro atoms. The average molecular weight is 328 g/mol. The number of aryl methyl sites for hydroxylation is 1. The van der Waals surface area contributed by atoms with Crippen molar-refractivity contribution in [2.75, 3.05) is 19.0 Å². The topological polar surface area (TPSA) is 71.8 Å². The van der Waals surface area contributed by atoms with E-state index in [0.29, 0.717) is 30.3 Å². The Balaban J connectivity index is 1.66. The van der Waals surface area contributed by atoms with Crippen molar-refractivity contribution in [2.24, 2.45) is 5.92 Å². The maximum atomic E-state index is 12.5. The minimum atomic E-state index is -0.377. The Kier molecular flexibility index (Phi) is 4.55. The minimum Gasteiger partial charge on any atom is -0.495 e. The number of anilines is 1. The van der Waals surface area contributed by atoms with E-state index in [1.54, 1.807) is 24.3 Å². The van der Waals surface area contributed by atoms with Crippen LogP contribution >= 0.6 is 0 Å². The van der Waals surface area contributed by atoms with E-state index in [0.717, 1.165) is 5.56 Å². The van der Waals surface area contributed by atoms with Gasteiger partial charge < -0.3 is 19.4 Å². The number of ether oxygens (including phenoxy) is 1. The zero-order chi connectivity index (χ0) is 17.1. The molecule has 1 N–H and O–H groups in total. The van der Waals surface area contributed by atoms with Crippen molar-refractivity contribution in [3.63, 3.8) is 0 Å². The number of methoxy groups -OCH3 is 1. The van der Waals surface area contributed by atoms with Crippen LogP contribution in [0.15, 0.2) is 41.0 Å². The predicted molar refractivity (Wildman–Crippen MR) is 88.6 cm³/mol. The highest BCUT2D eigenvalue weighted by Crippen LogP contribution is 2.27. The van der Waals surface area contributed by atoms with Gasteiger partial charge in [0, 0.05) is 13.0 Å². The van der Waals surface area contributed by atoms with Crippen LogP contribution in [0, 0.1) is 12.8 Å². The summed E-state index contributed by atoms with van der Waals surface area (Å²) < 4.78 is 10.5. The SMILES string of the molecule is COc1ccc(C)cc1NC(=O)[C@H]1CC(=O)N(Cc2ccco2)C1. The summed E-state index contributed by atoms with van der Waals surface area (Å²) in [4.78, 5) is 26.3. The molecular weight excluding hydrogens is 308 g/mol. The third-order valence-corrected chi connectivity index (χ3v) is 4.12. The van der Waals surface area contributed by atoms with Crippen molar-refractivity contribution in [3.8, 4) is 5.75 Å². The molecule has 1 fully saturated rings. The van der Waals surface area contributed by atoms with Crippen LogP contribution in [0.1, 0.15) is 17.7 Å². The van der Waals surface area contributed by atoms with Gasteiger partial charge in [0.1, 0.15) is 11.5 Å². The van der Waals surface area contributed by atoms with Crippen molar-refractivity contribution in [1.29, 1.82) is 0 Å². The van der Waals surface area contributed by atoms with Gasteiger partial charge >= 0.3 is 0 Å². The average Bonchev–Trinajstić information content (AvgIpc) is 3.18. The summed E-state index contributed by atoms with van der Waals surface area (Å²) in [5, 5.41) is 2.88. The molecule has 2 heterocycles. The highest BCUT2D eigenvalue weighted by atomic mass is 16.5. The summed E-state index contributed by atoms with van der Waals surface area (Å²) >= 11 is 0. The molecule has 1 atom stereocenters. The van der Waals surface area contributed by atoms with Gasteiger partial charge in [-0.05, 0) is 36.8 Å². The molecule has 0 aliphatic carbocycles. The van der Waals surface area contributed by atoms with Crippen molar-refractivity contribution in [2.45, 2.75) is 19.9 Å². The van der Waals surface area contributed by atoms with Gasteiger partial charge in [-0.3, -0.25) is 9.59 Å². The molecule has 1 aliphatic heterocycles. The molecule has 0 unspecified atom stereocenters. The number of amides is 2. The van der Waals surface area contributed by atoms with Crippen LogP contribution in [-0.4, -0.2) is 30.4 Å². The number of hydrogen-bond donors (Lipinski definition) is 1. The number of benzene rings is 1. The second kappa shape index (κ2) is 6.78. The zero-order valence-corrected chi connectivity index (χ0v) is 13.7. The fraction of sp³-hybridized carbons (Fsp3) is 0.333. The summed E-state index contributed by atoms with van der Waals surface area (Å²) in [5.74, 6) is 0.727. The maximum absolute atomic E-state index is 12.5. The molecule has 24 heavy (non-hydrogen) atoms. The van der Waals surface area contributed by atoms with Crippen LogP contribution in [0.3, 0.4) is 0 Å².